The van der Waals surface area contributed by atoms with Crippen LogP contribution < -0.4 is 4.74 Å². The van der Waals surface area contributed by atoms with Gasteiger partial charge in [0.2, 0.25) is 0 Å². The van der Waals surface area contributed by atoms with Crippen molar-refractivity contribution in [2.45, 2.75) is 18.0 Å². The first-order valence-corrected chi connectivity index (χ1v) is 5.35. The molecule has 0 spiro atoms. The van der Waals surface area contributed by atoms with Gasteiger partial charge in [0, 0.05) is 4.90 Å². The molecule has 0 amide bonds. The highest BCUT2D eigenvalue weighted by molar-refractivity contribution is 7.99. The molecule has 1 rings (SSSR count). The van der Waals surface area contributed by atoms with Crippen LogP contribution in [-0.2, 0) is 6.18 Å². The molecule has 15 heavy (non-hydrogen) atoms. The molecule has 0 aliphatic rings. The van der Waals surface area contributed by atoms with Gasteiger partial charge in [-0.2, -0.15) is 13.2 Å². The molecule has 1 aromatic rings. The van der Waals surface area contributed by atoms with E-state index in [1.807, 2.05) is 6.92 Å². The van der Waals surface area contributed by atoms with Gasteiger partial charge in [0.05, 0.1) is 12.7 Å². The summed E-state index contributed by atoms with van der Waals surface area (Å²) in [5, 5.41) is 0. The lowest BCUT2D eigenvalue weighted by atomic mass is 10.2. The summed E-state index contributed by atoms with van der Waals surface area (Å²) in [5.74, 6) is 0.963. The van der Waals surface area contributed by atoms with E-state index in [9.17, 15) is 13.2 Å². The lowest BCUT2D eigenvalue weighted by molar-refractivity contribution is -0.137. The van der Waals surface area contributed by atoms with Crippen molar-refractivity contribution in [1.29, 1.82) is 0 Å². The third-order valence-corrected chi connectivity index (χ3v) is 2.61. The van der Waals surface area contributed by atoms with Gasteiger partial charge in [-0.25, -0.2) is 0 Å². The maximum Gasteiger partial charge on any atom is 0.416 e. The van der Waals surface area contributed by atoms with Crippen LogP contribution in [0, 0.1) is 0 Å². The standard InChI is InChI=1S/C10H11F3OS/c1-3-15-9-5-7(10(11,12)13)4-8(6-9)14-2/h4-6H,3H2,1-2H3. The van der Waals surface area contributed by atoms with Gasteiger partial charge in [-0.15, -0.1) is 11.8 Å². The van der Waals surface area contributed by atoms with Gasteiger partial charge in [-0.3, -0.25) is 0 Å². The van der Waals surface area contributed by atoms with Crippen LogP contribution in [0.2, 0.25) is 0 Å². The normalized spacial score (nSPS) is 11.5. The van der Waals surface area contributed by atoms with Crippen molar-refractivity contribution in [3.63, 3.8) is 0 Å². The van der Waals surface area contributed by atoms with Gasteiger partial charge in [-0.05, 0) is 24.0 Å². The highest BCUT2D eigenvalue weighted by Gasteiger charge is 2.31. The number of halogens is 3. The largest absolute Gasteiger partial charge is 0.497 e. The molecule has 0 aliphatic carbocycles. The molecule has 0 bridgehead atoms. The summed E-state index contributed by atoms with van der Waals surface area (Å²) in [7, 11) is 1.36. The third kappa shape index (κ3) is 3.34. The van der Waals surface area contributed by atoms with Crippen LogP contribution in [0.25, 0.3) is 0 Å². The van der Waals surface area contributed by atoms with E-state index in [0.717, 1.165) is 17.9 Å². The van der Waals surface area contributed by atoms with Crippen molar-refractivity contribution < 1.29 is 17.9 Å². The van der Waals surface area contributed by atoms with E-state index < -0.39 is 11.7 Å². The summed E-state index contributed by atoms with van der Waals surface area (Å²) in [6.07, 6.45) is -4.32. The van der Waals surface area contributed by atoms with Gasteiger partial charge in [0.1, 0.15) is 5.75 Å². The smallest absolute Gasteiger partial charge is 0.416 e. The van der Waals surface area contributed by atoms with E-state index in [4.69, 9.17) is 4.74 Å². The monoisotopic (exact) mass is 236 g/mol. The molecule has 1 nitrogen and oxygen atoms in total. The maximum absolute atomic E-state index is 12.5. The van der Waals surface area contributed by atoms with Gasteiger partial charge < -0.3 is 4.74 Å². The van der Waals surface area contributed by atoms with Gasteiger partial charge in [0.15, 0.2) is 0 Å². The van der Waals surface area contributed by atoms with E-state index >= 15 is 0 Å². The number of rotatable bonds is 3. The third-order valence-electron chi connectivity index (χ3n) is 1.75. The van der Waals surface area contributed by atoms with Crippen molar-refractivity contribution in [1.82, 2.24) is 0 Å². The van der Waals surface area contributed by atoms with Crippen molar-refractivity contribution in [2.75, 3.05) is 12.9 Å². The lowest BCUT2D eigenvalue weighted by Gasteiger charge is -2.10. The fourth-order valence-corrected chi connectivity index (χ4v) is 1.85. The molecule has 0 N–H and O–H groups in total. The summed E-state index contributed by atoms with van der Waals surface area (Å²) < 4.78 is 42.2. The Labute approximate surface area is 90.6 Å². The van der Waals surface area contributed by atoms with Crippen LogP contribution in [0.4, 0.5) is 13.2 Å². The maximum atomic E-state index is 12.5. The van der Waals surface area contributed by atoms with E-state index in [0.29, 0.717) is 4.90 Å². The Morgan fingerprint density at radius 2 is 1.93 bits per heavy atom. The first-order valence-electron chi connectivity index (χ1n) is 4.36. The number of ether oxygens (including phenoxy) is 1. The average molecular weight is 236 g/mol. The van der Waals surface area contributed by atoms with Crippen LogP contribution in [0.3, 0.4) is 0 Å². The number of hydrogen-bond donors (Lipinski definition) is 0. The molecular weight excluding hydrogens is 225 g/mol. The molecule has 0 atom stereocenters. The minimum atomic E-state index is -4.32. The van der Waals surface area contributed by atoms with E-state index in [1.165, 1.54) is 18.9 Å². The minimum absolute atomic E-state index is 0.237. The predicted molar refractivity (Wildman–Crippen MR) is 54.4 cm³/mol. The van der Waals surface area contributed by atoms with Crippen LogP contribution in [-0.4, -0.2) is 12.9 Å². The van der Waals surface area contributed by atoms with Crippen molar-refractivity contribution in [3.8, 4) is 5.75 Å². The Kier molecular flexibility index (Phi) is 3.90. The number of hydrogen-bond acceptors (Lipinski definition) is 2. The summed E-state index contributed by atoms with van der Waals surface area (Å²) in [6, 6.07) is 3.74. The summed E-state index contributed by atoms with van der Waals surface area (Å²) >= 11 is 1.36. The van der Waals surface area contributed by atoms with E-state index in [-0.39, 0.29) is 5.75 Å². The predicted octanol–water partition coefficient (Wildman–Crippen LogP) is 3.83. The molecule has 0 fully saturated rings. The van der Waals surface area contributed by atoms with E-state index in [2.05, 4.69) is 0 Å². The first-order chi connectivity index (χ1) is 6.97. The Morgan fingerprint density at radius 1 is 1.27 bits per heavy atom. The summed E-state index contributed by atoms with van der Waals surface area (Å²) in [4.78, 5) is 0.573. The highest BCUT2D eigenvalue weighted by Crippen LogP contribution is 2.35. The van der Waals surface area contributed by atoms with Crippen molar-refractivity contribution in [3.05, 3.63) is 23.8 Å². The summed E-state index contributed by atoms with van der Waals surface area (Å²) in [6.45, 7) is 1.89. The first kappa shape index (κ1) is 12.2. The Bertz CT molecular complexity index is 336. The zero-order chi connectivity index (χ0) is 11.5. The van der Waals surface area contributed by atoms with Crippen LogP contribution in [0.15, 0.2) is 23.1 Å². The fraction of sp³-hybridized carbons (Fsp3) is 0.400. The second-order valence-electron chi connectivity index (χ2n) is 2.83. The molecule has 0 radical (unpaired) electrons. The molecule has 0 aliphatic heterocycles. The quantitative estimate of drug-likeness (QED) is 0.738. The molecule has 5 heteroatoms. The molecular formula is C10H11F3OS. The van der Waals surface area contributed by atoms with E-state index in [1.54, 1.807) is 6.07 Å². The van der Waals surface area contributed by atoms with Gasteiger partial charge >= 0.3 is 6.18 Å². The number of methoxy groups -OCH3 is 1. The molecule has 0 aromatic heterocycles. The number of thioether (sulfide) groups is 1. The zero-order valence-corrected chi connectivity index (χ0v) is 9.21. The van der Waals surface area contributed by atoms with Crippen molar-refractivity contribution >= 4 is 11.8 Å². The van der Waals surface area contributed by atoms with Crippen molar-refractivity contribution in [2.24, 2.45) is 0 Å². The van der Waals surface area contributed by atoms with Crippen LogP contribution in [0.5, 0.6) is 5.75 Å². The fourth-order valence-electron chi connectivity index (χ4n) is 1.10. The Hall–Kier alpha value is -0.840. The Balaban J connectivity index is 3.11. The second-order valence-corrected chi connectivity index (χ2v) is 4.17. The topological polar surface area (TPSA) is 9.23 Å². The van der Waals surface area contributed by atoms with Gasteiger partial charge in [0.25, 0.3) is 0 Å². The molecule has 0 saturated heterocycles. The lowest BCUT2D eigenvalue weighted by Crippen LogP contribution is -2.05. The SMILES string of the molecule is CCSc1cc(OC)cc(C(F)(F)F)c1. The summed E-state index contributed by atoms with van der Waals surface area (Å²) in [5.41, 5.74) is -0.669. The number of benzene rings is 1. The average Bonchev–Trinajstić information content (AvgIpc) is 2.16. The molecule has 0 unspecified atom stereocenters. The highest BCUT2D eigenvalue weighted by atomic mass is 32.2. The minimum Gasteiger partial charge on any atom is -0.497 e. The Morgan fingerprint density at radius 3 is 2.40 bits per heavy atom. The second kappa shape index (κ2) is 4.79. The number of alkyl halides is 3. The molecule has 0 heterocycles. The zero-order valence-electron chi connectivity index (χ0n) is 8.39. The van der Waals surface area contributed by atoms with Crippen LogP contribution in [0.1, 0.15) is 12.5 Å². The molecule has 0 saturated carbocycles. The van der Waals surface area contributed by atoms with Crippen LogP contribution >= 0.6 is 11.8 Å². The molecule has 1 aromatic carbocycles. The van der Waals surface area contributed by atoms with Gasteiger partial charge in [-0.1, -0.05) is 6.92 Å². The molecule has 84 valence electrons.